The number of nitrogens with zero attached hydrogens (tertiary/aromatic N) is 1. The minimum absolute atomic E-state index is 0.0706. The SMILES string of the molecule is Cc1ccc(NC2(C(=O)NCc3ccccn3)CCCC2)cc1. The van der Waals surface area contributed by atoms with E-state index in [1.807, 2.05) is 30.3 Å². The van der Waals surface area contributed by atoms with Gasteiger partial charge in [-0.1, -0.05) is 36.6 Å². The Morgan fingerprint density at radius 2 is 1.87 bits per heavy atom. The maximum absolute atomic E-state index is 12.8. The minimum Gasteiger partial charge on any atom is -0.371 e. The molecule has 1 amide bonds. The molecule has 1 aromatic carbocycles. The first kappa shape index (κ1) is 15.5. The van der Waals surface area contributed by atoms with Crippen molar-refractivity contribution < 1.29 is 4.79 Å². The molecule has 0 aliphatic heterocycles. The van der Waals surface area contributed by atoms with Gasteiger partial charge < -0.3 is 10.6 Å². The number of nitrogens with one attached hydrogen (secondary N) is 2. The largest absolute Gasteiger partial charge is 0.371 e. The number of aromatic nitrogens is 1. The van der Waals surface area contributed by atoms with Crippen LogP contribution in [-0.4, -0.2) is 16.4 Å². The van der Waals surface area contributed by atoms with Crippen LogP contribution in [0.1, 0.15) is 36.9 Å². The summed E-state index contributed by atoms with van der Waals surface area (Å²) >= 11 is 0. The molecule has 2 N–H and O–H groups in total. The van der Waals surface area contributed by atoms with Gasteiger partial charge in [-0.05, 0) is 44.0 Å². The molecule has 1 saturated carbocycles. The summed E-state index contributed by atoms with van der Waals surface area (Å²) in [4.78, 5) is 17.1. The van der Waals surface area contributed by atoms with Gasteiger partial charge in [0, 0.05) is 11.9 Å². The molecular weight excluding hydrogens is 286 g/mol. The van der Waals surface area contributed by atoms with Crippen LogP contribution in [0.5, 0.6) is 0 Å². The van der Waals surface area contributed by atoms with E-state index in [1.54, 1.807) is 6.20 Å². The van der Waals surface area contributed by atoms with Crippen molar-refractivity contribution in [3.8, 4) is 0 Å². The Morgan fingerprint density at radius 3 is 2.52 bits per heavy atom. The summed E-state index contributed by atoms with van der Waals surface area (Å²) in [6, 6.07) is 14.0. The molecule has 0 spiro atoms. The lowest BCUT2D eigenvalue weighted by Crippen LogP contribution is -2.50. The highest BCUT2D eigenvalue weighted by molar-refractivity contribution is 5.89. The fourth-order valence-corrected chi connectivity index (χ4v) is 3.14. The zero-order chi connectivity index (χ0) is 16.1. The first-order chi connectivity index (χ1) is 11.2. The molecule has 1 fully saturated rings. The zero-order valence-electron chi connectivity index (χ0n) is 13.5. The molecule has 120 valence electrons. The molecule has 0 unspecified atom stereocenters. The highest BCUT2D eigenvalue weighted by atomic mass is 16.2. The summed E-state index contributed by atoms with van der Waals surface area (Å²) in [6.45, 7) is 2.53. The predicted molar refractivity (Wildman–Crippen MR) is 92.1 cm³/mol. The molecule has 1 aliphatic rings. The molecule has 1 heterocycles. The van der Waals surface area contributed by atoms with Gasteiger partial charge in [0.2, 0.25) is 5.91 Å². The van der Waals surface area contributed by atoms with Crippen LogP contribution in [0.2, 0.25) is 0 Å². The van der Waals surface area contributed by atoms with Crippen LogP contribution in [0.25, 0.3) is 0 Å². The van der Waals surface area contributed by atoms with Crippen molar-refractivity contribution in [1.82, 2.24) is 10.3 Å². The van der Waals surface area contributed by atoms with Crippen LogP contribution in [-0.2, 0) is 11.3 Å². The molecule has 1 aliphatic carbocycles. The van der Waals surface area contributed by atoms with Gasteiger partial charge in [0.15, 0.2) is 0 Å². The van der Waals surface area contributed by atoms with Crippen molar-refractivity contribution in [3.05, 3.63) is 59.9 Å². The highest BCUT2D eigenvalue weighted by Crippen LogP contribution is 2.33. The summed E-state index contributed by atoms with van der Waals surface area (Å²) in [6.07, 6.45) is 5.65. The number of anilines is 1. The second-order valence-corrected chi connectivity index (χ2v) is 6.28. The van der Waals surface area contributed by atoms with Crippen molar-refractivity contribution in [2.45, 2.75) is 44.7 Å². The second-order valence-electron chi connectivity index (χ2n) is 6.28. The lowest BCUT2D eigenvalue weighted by atomic mass is 9.95. The van der Waals surface area contributed by atoms with Crippen LogP contribution in [0.4, 0.5) is 5.69 Å². The molecule has 23 heavy (non-hydrogen) atoms. The summed E-state index contributed by atoms with van der Waals surface area (Å²) in [5.74, 6) is 0.0706. The maximum atomic E-state index is 12.8. The molecule has 3 rings (SSSR count). The molecule has 2 aromatic rings. The van der Waals surface area contributed by atoms with E-state index in [1.165, 1.54) is 5.56 Å². The third-order valence-corrected chi connectivity index (χ3v) is 4.48. The molecule has 0 atom stereocenters. The van der Waals surface area contributed by atoms with Crippen LogP contribution in [0.15, 0.2) is 48.7 Å². The molecule has 4 nitrogen and oxygen atoms in total. The Labute approximate surface area is 137 Å². The number of pyridine rings is 1. The third kappa shape index (κ3) is 3.70. The average Bonchev–Trinajstić information content (AvgIpc) is 3.05. The summed E-state index contributed by atoms with van der Waals surface area (Å²) in [5.41, 5.74) is 2.61. The first-order valence-electron chi connectivity index (χ1n) is 8.21. The van der Waals surface area contributed by atoms with Gasteiger partial charge in [-0.2, -0.15) is 0 Å². The van der Waals surface area contributed by atoms with E-state index in [9.17, 15) is 4.79 Å². The molecule has 0 bridgehead atoms. The van der Waals surface area contributed by atoms with Gasteiger partial charge in [0.05, 0.1) is 12.2 Å². The van der Waals surface area contributed by atoms with Crippen LogP contribution in [0, 0.1) is 6.92 Å². The fourth-order valence-electron chi connectivity index (χ4n) is 3.14. The number of hydrogen-bond donors (Lipinski definition) is 2. The number of carbonyl (C=O) groups is 1. The smallest absolute Gasteiger partial charge is 0.245 e. The molecule has 1 aromatic heterocycles. The van der Waals surface area contributed by atoms with Crippen molar-refractivity contribution in [3.63, 3.8) is 0 Å². The summed E-state index contributed by atoms with van der Waals surface area (Å²) < 4.78 is 0. The Bertz CT molecular complexity index is 646. The van der Waals surface area contributed by atoms with Gasteiger partial charge in [0.25, 0.3) is 0 Å². The maximum Gasteiger partial charge on any atom is 0.245 e. The topological polar surface area (TPSA) is 54.0 Å². The van der Waals surface area contributed by atoms with Crippen molar-refractivity contribution in [2.75, 3.05) is 5.32 Å². The lowest BCUT2D eigenvalue weighted by Gasteiger charge is -2.30. The molecule has 0 radical (unpaired) electrons. The minimum atomic E-state index is -0.496. The normalized spacial score (nSPS) is 16.0. The van der Waals surface area contributed by atoms with Gasteiger partial charge in [-0.15, -0.1) is 0 Å². The van der Waals surface area contributed by atoms with Crippen LogP contribution < -0.4 is 10.6 Å². The number of carbonyl (C=O) groups excluding carboxylic acids is 1. The van der Waals surface area contributed by atoms with E-state index in [2.05, 4.69) is 34.7 Å². The molecule has 4 heteroatoms. The van der Waals surface area contributed by atoms with E-state index in [0.29, 0.717) is 6.54 Å². The third-order valence-electron chi connectivity index (χ3n) is 4.48. The highest BCUT2D eigenvalue weighted by Gasteiger charge is 2.40. The number of benzene rings is 1. The summed E-state index contributed by atoms with van der Waals surface area (Å²) in [5, 5.41) is 6.53. The Kier molecular flexibility index (Phi) is 4.60. The standard InChI is InChI=1S/C19H23N3O/c1-15-7-9-16(10-8-15)22-19(11-3-4-12-19)18(23)21-14-17-6-2-5-13-20-17/h2,5-10,13,22H,3-4,11-12,14H2,1H3,(H,21,23). The van der Waals surface area contributed by atoms with Crippen molar-refractivity contribution >= 4 is 11.6 Å². The quantitative estimate of drug-likeness (QED) is 0.889. The van der Waals surface area contributed by atoms with E-state index >= 15 is 0 Å². The Morgan fingerprint density at radius 1 is 1.13 bits per heavy atom. The van der Waals surface area contributed by atoms with Crippen molar-refractivity contribution in [2.24, 2.45) is 0 Å². The van der Waals surface area contributed by atoms with Crippen LogP contribution in [0.3, 0.4) is 0 Å². The van der Waals surface area contributed by atoms with Gasteiger partial charge in [-0.25, -0.2) is 0 Å². The molecule has 0 saturated heterocycles. The van der Waals surface area contributed by atoms with Crippen LogP contribution >= 0.6 is 0 Å². The summed E-state index contributed by atoms with van der Waals surface area (Å²) in [7, 11) is 0. The number of hydrogen-bond acceptors (Lipinski definition) is 3. The van der Waals surface area contributed by atoms with Crippen molar-refractivity contribution in [1.29, 1.82) is 0 Å². The fraction of sp³-hybridized carbons (Fsp3) is 0.368. The number of rotatable bonds is 5. The second kappa shape index (κ2) is 6.82. The predicted octanol–water partition coefficient (Wildman–Crippen LogP) is 3.43. The van der Waals surface area contributed by atoms with E-state index < -0.39 is 5.54 Å². The lowest BCUT2D eigenvalue weighted by molar-refractivity contribution is -0.125. The first-order valence-corrected chi connectivity index (χ1v) is 8.21. The van der Waals surface area contributed by atoms with E-state index in [4.69, 9.17) is 0 Å². The average molecular weight is 309 g/mol. The Hall–Kier alpha value is -2.36. The van der Waals surface area contributed by atoms with Gasteiger partial charge in [0.1, 0.15) is 5.54 Å². The van der Waals surface area contributed by atoms with E-state index in [-0.39, 0.29) is 5.91 Å². The van der Waals surface area contributed by atoms with Gasteiger partial charge in [-0.3, -0.25) is 9.78 Å². The van der Waals surface area contributed by atoms with E-state index in [0.717, 1.165) is 37.1 Å². The Balaban J connectivity index is 1.69. The number of aryl methyl sites for hydroxylation is 1. The number of amides is 1. The molecular formula is C19H23N3O. The monoisotopic (exact) mass is 309 g/mol. The zero-order valence-corrected chi connectivity index (χ0v) is 13.5. The van der Waals surface area contributed by atoms with Gasteiger partial charge >= 0.3 is 0 Å².